The second-order valence-electron chi connectivity index (χ2n) is 4.84. The molecule has 0 unspecified atom stereocenters. The lowest BCUT2D eigenvalue weighted by Crippen LogP contribution is -2.23. The van der Waals surface area contributed by atoms with Crippen molar-refractivity contribution < 1.29 is 14.9 Å². The lowest BCUT2D eigenvalue weighted by molar-refractivity contribution is 0.280. The number of aromatic nitrogens is 1. The molecule has 0 bridgehead atoms. The molecule has 1 aromatic heterocycles. The molecule has 1 aromatic carbocycles. The molecule has 0 radical (unpaired) electrons. The van der Waals surface area contributed by atoms with E-state index in [4.69, 9.17) is 17.0 Å². The molecular weight excluding hydrogens is 328 g/mol. The smallest absolute Gasteiger partial charge is 0.191 e. The van der Waals surface area contributed by atoms with Crippen LogP contribution in [-0.2, 0) is 6.61 Å². The number of hydrogen-bond donors (Lipinski definition) is 4. The van der Waals surface area contributed by atoms with Crippen LogP contribution in [0.1, 0.15) is 16.8 Å². The van der Waals surface area contributed by atoms with E-state index in [1.54, 1.807) is 26.2 Å². The monoisotopic (exact) mass is 346 g/mol. The van der Waals surface area contributed by atoms with Gasteiger partial charge in [-0.1, -0.05) is 0 Å². The molecular formula is C16H18N4O3S. The molecule has 0 aliphatic heterocycles. The van der Waals surface area contributed by atoms with Crippen LogP contribution >= 0.6 is 12.2 Å². The average Bonchev–Trinajstić information content (AvgIpc) is 2.59. The molecule has 7 nitrogen and oxygen atoms in total. The van der Waals surface area contributed by atoms with Crippen LogP contribution in [0.3, 0.4) is 0 Å². The molecule has 0 aliphatic rings. The second-order valence-corrected chi connectivity index (χ2v) is 5.25. The number of hydrazone groups is 1. The van der Waals surface area contributed by atoms with Gasteiger partial charge >= 0.3 is 0 Å². The van der Waals surface area contributed by atoms with Crippen LogP contribution < -0.4 is 15.5 Å². The number of nitrogens with zero attached hydrogens (tertiary/aromatic N) is 2. The maximum absolute atomic E-state index is 10.0. The standard InChI is InChI=1S/C16H18N4O3S/c1-10-15(22)14(11(9-21)7-17-10)8-18-20-16(24)19-12-3-5-13(23-2)6-4-12/h3-8,21-22H,9H2,1-2H3,(H2,19,20,24)/b18-8+. The number of hydrogen-bond acceptors (Lipinski definition) is 6. The fourth-order valence-corrected chi connectivity index (χ4v) is 2.08. The van der Waals surface area contributed by atoms with E-state index in [0.29, 0.717) is 16.8 Å². The fourth-order valence-electron chi connectivity index (χ4n) is 1.91. The Kier molecular flexibility index (Phi) is 6.05. The minimum absolute atomic E-state index is 0.0267. The van der Waals surface area contributed by atoms with E-state index >= 15 is 0 Å². The zero-order chi connectivity index (χ0) is 17.5. The van der Waals surface area contributed by atoms with Crippen LogP contribution in [0.5, 0.6) is 11.5 Å². The molecule has 0 saturated heterocycles. The van der Waals surface area contributed by atoms with Crippen LogP contribution in [0, 0.1) is 6.92 Å². The number of thiocarbonyl (C=S) groups is 1. The lowest BCUT2D eigenvalue weighted by Gasteiger charge is -2.09. The first-order valence-electron chi connectivity index (χ1n) is 7.07. The highest BCUT2D eigenvalue weighted by molar-refractivity contribution is 7.80. The largest absolute Gasteiger partial charge is 0.505 e. The number of rotatable bonds is 5. The molecule has 0 amide bonds. The van der Waals surface area contributed by atoms with Crippen LogP contribution in [0.4, 0.5) is 5.69 Å². The Balaban J connectivity index is 2.00. The Morgan fingerprint density at radius 3 is 2.71 bits per heavy atom. The van der Waals surface area contributed by atoms with Crippen molar-refractivity contribution in [3.05, 3.63) is 47.3 Å². The van der Waals surface area contributed by atoms with Crippen molar-refractivity contribution in [1.29, 1.82) is 0 Å². The van der Waals surface area contributed by atoms with Crippen molar-refractivity contribution in [2.75, 3.05) is 12.4 Å². The van der Waals surface area contributed by atoms with Gasteiger partial charge in [-0.25, -0.2) is 0 Å². The van der Waals surface area contributed by atoms with Crippen molar-refractivity contribution in [3.63, 3.8) is 0 Å². The van der Waals surface area contributed by atoms with E-state index in [-0.39, 0.29) is 17.5 Å². The lowest BCUT2D eigenvalue weighted by atomic mass is 10.1. The molecule has 0 saturated carbocycles. The number of aliphatic hydroxyl groups excluding tert-OH is 1. The number of methoxy groups -OCH3 is 1. The van der Waals surface area contributed by atoms with Crippen LogP contribution in [0.2, 0.25) is 0 Å². The first kappa shape index (κ1) is 17.6. The summed E-state index contributed by atoms with van der Waals surface area (Å²) in [5, 5.41) is 26.5. The van der Waals surface area contributed by atoms with Crippen molar-refractivity contribution in [2.24, 2.45) is 5.10 Å². The van der Waals surface area contributed by atoms with Crippen molar-refractivity contribution in [1.82, 2.24) is 10.4 Å². The molecule has 8 heteroatoms. The highest BCUT2D eigenvalue weighted by atomic mass is 32.1. The topological polar surface area (TPSA) is 99.0 Å². The maximum atomic E-state index is 10.0. The van der Waals surface area contributed by atoms with Crippen LogP contribution in [-0.4, -0.2) is 33.6 Å². The summed E-state index contributed by atoms with van der Waals surface area (Å²) in [7, 11) is 1.60. The van der Waals surface area contributed by atoms with Gasteiger partial charge in [0, 0.05) is 23.0 Å². The van der Waals surface area contributed by atoms with E-state index in [2.05, 4.69) is 20.8 Å². The Morgan fingerprint density at radius 2 is 2.08 bits per heavy atom. The SMILES string of the molecule is COc1ccc(NC(=S)N/N=C/c2c(CO)cnc(C)c2O)cc1. The normalized spacial score (nSPS) is 10.6. The number of aliphatic hydroxyl groups is 1. The number of ether oxygens (including phenoxy) is 1. The molecule has 0 fully saturated rings. The zero-order valence-corrected chi connectivity index (χ0v) is 14.1. The number of aryl methyl sites for hydroxylation is 1. The minimum Gasteiger partial charge on any atom is -0.505 e. The summed E-state index contributed by atoms with van der Waals surface area (Å²) in [5.74, 6) is 0.721. The third kappa shape index (κ3) is 4.40. The Labute approximate surface area is 145 Å². The summed E-state index contributed by atoms with van der Waals surface area (Å²) in [6.45, 7) is 1.41. The fraction of sp³-hybridized carbons (Fsp3) is 0.188. The molecule has 0 atom stereocenters. The molecule has 0 aliphatic carbocycles. The van der Waals surface area contributed by atoms with Crippen LogP contribution in [0.15, 0.2) is 35.6 Å². The third-order valence-electron chi connectivity index (χ3n) is 3.24. The first-order valence-corrected chi connectivity index (χ1v) is 7.48. The number of nitrogens with one attached hydrogen (secondary N) is 2. The minimum atomic E-state index is -0.253. The molecule has 2 rings (SSSR count). The number of pyridine rings is 1. The van der Waals surface area contributed by atoms with Gasteiger partial charge in [-0.2, -0.15) is 5.10 Å². The maximum Gasteiger partial charge on any atom is 0.191 e. The number of benzene rings is 1. The average molecular weight is 346 g/mol. The second kappa shape index (κ2) is 8.23. The van der Waals surface area contributed by atoms with Gasteiger partial charge in [-0.3, -0.25) is 10.4 Å². The van der Waals surface area contributed by atoms with E-state index in [0.717, 1.165) is 11.4 Å². The summed E-state index contributed by atoms with van der Waals surface area (Å²) in [6, 6.07) is 7.25. The molecule has 2 aromatic rings. The van der Waals surface area contributed by atoms with Crippen molar-refractivity contribution in [3.8, 4) is 11.5 Å². The summed E-state index contributed by atoms with van der Waals surface area (Å²) >= 11 is 5.14. The Hall–Kier alpha value is -2.71. The quantitative estimate of drug-likeness (QED) is 0.373. The van der Waals surface area contributed by atoms with Gasteiger partial charge in [-0.15, -0.1) is 0 Å². The Bertz CT molecular complexity index is 748. The third-order valence-corrected chi connectivity index (χ3v) is 3.43. The highest BCUT2D eigenvalue weighted by Crippen LogP contribution is 2.21. The molecule has 1 heterocycles. The zero-order valence-electron chi connectivity index (χ0n) is 13.3. The van der Waals surface area contributed by atoms with Gasteiger partial charge in [0.1, 0.15) is 11.5 Å². The van der Waals surface area contributed by atoms with Crippen molar-refractivity contribution in [2.45, 2.75) is 13.5 Å². The van der Waals surface area contributed by atoms with Crippen molar-refractivity contribution >= 4 is 29.2 Å². The van der Waals surface area contributed by atoms with E-state index < -0.39 is 0 Å². The van der Waals surface area contributed by atoms with Gasteiger partial charge in [0.25, 0.3) is 0 Å². The Morgan fingerprint density at radius 1 is 1.38 bits per heavy atom. The number of anilines is 1. The molecule has 24 heavy (non-hydrogen) atoms. The summed E-state index contributed by atoms with van der Waals surface area (Å²) in [6.07, 6.45) is 2.88. The van der Waals surface area contributed by atoms with Gasteiger partial charge in [0.05, 0.1) is 25.6 Å². The summed E-state index contributed by atoms with van der Waals surface area (Å²) < 4.78 is 5.08. The predicted molar refractivity (Wildman–Crippen MR) is 96.5 cm³/mol. The van der Waals surface area contributed by atoms with Gasteiger partial charge in [-0.05, 0) is 43.4 Å². The van der Waals surface area contributed by atoms with Gasteiger partial charge in [0.15, 0.2) is 5.11 Å². The van der Waals surface area contributed by atoms with E-state index in [1.807, 2.05) is 12.1 Å². The number of aromatic hydroxyl groups is 1. The molecule has 4 N–H and O–H groups in total. The predicted octanol–water partition coefficient (Wildman–Crippen LogP) is 1.92. The first-order chi connectivity index (χ1) is 11.5. The molecule has 126 valence electrons. The van der Waals surface area contributed by atoms with E-state index in [1.165, 1.54) is 12.4 Å². The summed E-state index contributed by atoms with van der Waals surface area (Å²) in [4.78, 5) is 3.98. The highest BCUT2D eigenvalue weighted by Gasteiger charge is 2.09. The molecule has 0 spiro atoms. The van der Waals surface area contributed by atoms with Gasteiger partial charge in [0.2, 0.25) is 0 Å². The van der Waals surface area contributed by atoms with Gasteiger partial charge < -0.3 is 20.3 Å². The van der Waals surface area contributed by atoms with Crippen LogP contribution in [0.25, 0.3) is 0 Å². The van der Waals surface area contributed by atoms with E-state index in [9.17, 15) is 10.2 Å². The summed E-state index contributed by atoms with van der Waals surface area (Å²) in [5.41, 5.74) is 4.75.